The number of hydrogen-bond acceptors (Lipinski definition) is 2. The average Bonchev–Trinajstić information content (AvgIpc) is 2.98. The Morgan fingerprint density at radius 2 is 2.05 bits per heavy atom. The van der Waals surface area contributed by atoms with Crippen molar-refractivity contribution >= 4 is 6.09 Å². The molecule has 2 heterocycles. The molecule has 3 atom stereocenters. The van der Waals surface area contributed by atoms with Crippen LogP contribution in [-0.2, 0) is 0 Å². The number of rotatable bonds is 2. The molecule has 1 aromatic carbocycles. The summed E-state index contributed by atoms with van der Waals surface area (Å²) in [5.41, 5.74) is 2.67. The van der Waals surface area contributed by atoms with E-state index in [1.165, 1.54) is 11.1 Å². The maximum Gasteiger partial charge on any atom is 0.407 e. The minimum Gasteiger partial charge on any atom is -0.465 e. The fourth-order valence-electron chi connectivity index (χ4n) is 3.64. The molecular formula is C15H20N2O2. The molecule has 1 amide bonds. The number of piperazine rings is 1. The largest absolute Gasteiger partial charge is 0.465 e. The molecule has 0 aliphatic carbocycles. The van der Waals surface area contributed by atoms with Crippen LogP contribution in [-0.4, -0.2) is 46.2 Å². The lowest BCUT2D eigenvalue weighted by atomic mass is 10.0. The third kappa shape index (κ3) is 2.00. The van der Waals surface area contributed by atoms with Gasteiger partial charge in [0, 0.05) is 31.2 Å². The van der Waals surface area contributed by atoms with E-state index in [0.29, 0.717) is 18.6 Å². The van der Waals surface area contributed by atoms with Crippen molar-refractivity contribution in [2.45, 2.75) is 38.4 Å². The molecule has 3 unspecified atom stereocenters. The monoisotopic (exact) mass is 260 g/mol. The summed E-state index contributed by atoms with van der Waals surface area (Å²) < 4.78 is 0. The van der Waals surface area contributed by atoms with Crippen LogP contribution in [0.2, 0.25) is 0 Å². The van der Waals surface area contributed by atoms with Crippen molar-refractivity contribution in [3.8, 4) is 0 Å². The van der Waals surface area contributed by atoms with Crippen molar-refractivity contribution in [3.63, 3.8) is 0 Å². The summed E-state index contributed by atoms with van der Waals surface area (Å²) in [5.74, 6) is 0. The van der Waals surface area contributed by atoms with Crippen LogP contribution in [0, 0.1) is 6.92 Å². The molecule has 0 spiro atoms. The minimum absolute atomic E-state index is 0.189. The number of carbonyl (C=O) groups is 1. The Morgan fingerprint density at radius 3 is 2.63 bits per heavy atom. The van der Waals surface area contributed by atoms with Gasteiger partial charge in [-0.1, -0.05) is 24.3 Å². The molecule has 0 saturated carbocycles. The summed E-state index contributed by atoms with van der Waals surface area (Å²) in [5, 5.41) is 9.13. The molecular weight excluding hydrogens is 240 g/mol. The van der Waals surface area contributed by atoms with Gasteiger partial charge in [0.15, 0.2) is 0 Å². The highest BCUT2D eigenvalue weighted by molar-refractivity contribution is 5.66. The molecule has 19 heavy (non-hydrogen) atoms. The predicted octanol–water partition coefficient (Wildman–Crippen LogP) is 2.49. The van der Waals surface area contributed by atoms with Crippen LogP contribution in [0.4, 0.5) is 4.79 Å². The Hall–Kier alpha value is -1.55. The summed E-state index contributed by atoms with van der Waals surface area (Å²) in [6.07, 6.45) is 0.221. The topological polar surface area (TPSA) is 43.8 Å². The van der Waals surface area contributed by atoms with E-state index in [4.69, 9.17) is 5.11 Å². The van der Waals surface area contributed by atoms with Crippen LogP contribution < -0.4 is 0 Å². The smallest absolute Gasteiger partial charge is 0.407 e. The number of aryl methyl sites for hydroxylation is 1. The maximum atomic E-state index is 11.1. The maximum absolute atomic E-state index is 11.1. The van der Waals surface area contributed by atoms with E-state index in [2.05, 4.69) is 43.0 Å². The van der Waals surface area contributed by atoms with Gasteiger partial charge in [-0.3, -0.25) is 4.90 Å². The Balaban J connectivity index is 1.77. The first kappa shape index (κ1) is 12.5. The highest BCUT2D eigenvalue weighted by Crippen LogP contribution is 2.37. The van der Waals surface area contributed by atoms with Crippen molar-refractivity contribution < 1.29 is 9.90 Å². The predicted molar refractivity (Wildman–Crippen MR) is 73.2 cm³/mol. The fourth-order valence-corrected chi connectivity index (χ4v) is 3.64. The van der Waals surface area contributed by atoms with E-state index in [-0.39, 0.29) is 6.04 Å². The second kappa shape index (κ2) is 4.53. The Labute approximate surface area is 113 Å². The van der Waals surface area contributed by atoms with Gasteiger partial charge in [0.25, 0.3) is 0 Å². The zero-order valence-corrected chi connectivity index (χ0v) is 11.4. The summed E-state index contributed by atoms with van der Waals surface area (Å²) in [4.78, 5) is 15.2. The van der Waals surface area contributed by atoms with Gasteiger partial charge in [0.2, 0.25) is 0 Å². The lowest BCUT2D eigenvalue weighted by molar-refractivity contribution is 0.0860. The number of hydrogen-bond donors (Lipinski definition) is 1. The van der Waals surface area contributed by atoms with Gasteiger partial charge >= 0.3 is 6.09 Å². The Morgan fingerprint density at radius 1 is 1.32 bits per heavy atom. The van der Waals surface area contributed by atoms with Crippen molar-refractivity contribution in [2.75, 3.05) is 13.1 Å². The molecule has 2 saturated heterocycles. The van der Waals surface area contributed by atoms with Crippen LogP contribution in [0.5, 0.6) is 0 Å². The normalized spacial score (nSPS) is 27.8. The highest BCUT2D eigenvalue weighted by atomic mass is 16.4. The molecule has 2 aliphatic rings. The van der Waals surface area contributed by atoms with Gasteiger partial charge in [0.05, 0.1) is 0 Å². The van der Waals surface area contributed by atoms with Gasteiger partial charge in [0.1, 0.15) is 0 Å². The molecule has 2 aliphatic heterocycles. The standard InChI is InChI=1S/C15H20N2O2/c1-10-5-3-4-6-14(10)11(2)16-8-13-7-12(16)9-17(13)15(18)19/h3-6,11-13H,7-9H2,1-2H3,(H,18,19). The first-order valence-corrected chi connectivity index (χ1v) is 6.88. The molecule has 4 heteroatoms. The third-order valence-electron chi connectivity index (χ3n) is 4.66. The third-order valence-corrected chi connectivity index (χ3v) is 4.66. The van der Waals surface area contributed by atoms with E-state index in [9.17, 15) is 4.79 Å². The summed E-state index contributed by atoms with van der Waals surface area (Å²) in [6, 6.07) is 9.41. The lowest BCUT2D eigenvalue weighted by Crippen LogP contribution is -2.48. The second-order valence-electron chi connectivity index (χ2n) is 5.71. The molecule has 2 fully saturated rings. The molecule has 3 rings (SSSR count). The molecule has 0 aromatic heterocycles. The SMILES string of the molecule is Cc1ccccc1C(C)N1CC2CC1CN2C(=O)O. The molecule has 1 aromatic rings. The number of carboxylic acid groups (broad SMARTS) is 1. The first-order chi connectivity index (χ1) is 9.08. The van der Waals surface area contributed by atoms with E-state index in [1.807, 2.05) is 0 Å². The van der Waals surface area contributed by atoms with E-state index in [0.717, 1.165) is 13.0 Å². The highest BCUT2D eigenvalue weighted by Gasteiger charge is 2.46. The quantitative estimate of drug-likeness (QED) is 0.888. The molecule has 2 bridgehead atoms. The van der Waals surface area contributed by atoms with Crippen LogP contribution >= 0.6 is 0 Å². The van der Waals surface area contributed by atoms with E-state index < -0.39 is 6.09 Å². The summed E-state index contributed by atoms with van der Waals surface area (Å²) in [7, 11) is 0. The number of benzene rings is 1. The number of nitrogens with zero attached hydrogens (tertiary/aromatic N) is 2. The van der Waals surface area contributed by atoms with Crippen LogP contribution in [0.25, 0.3) is 0 Å². The first-order valence-electron chi connectivity index (χ1n) is 6.88. The van der Waals surface area contributed by atoms with Gasteiger partial charge in [-0.2, -0.15) is 0 Å². The van der Waals surface area contributed by atoms with Gasteiger partial charge in [-0.15, -0.1) is 0 Å². The number of fused-ring (bicyclic) bond motifs is 2. The van der Waals surface area contributed by atoms with Crippen LogP contribution in [0.15, 0.2) is 24.3 Å². The second-order valence-corrected chi connectivity index (χ2v) is 5.71. The molecule has 1 N–H and O–H groups in total. The summed E-state index contributed by atoms with van der Waals surface area (Å²) in [6.45, 7) is 5.90. The van der Waals surface area contributed by atoms with Gasteiger partial charge in [-0.05, 0) is 31.4 Å². The zero-order valence-electron chi connectivity index (χ0n) is 11.4. The van der Waals surface area contributed by atoms with E-state index >= 15 is 0 Å². The van der Waals surface area contributed by atoms with Crippen molar-refractivity contribution in [1.29, 1.82) is 0 Å². The van der Waals surface area contributed by atoms with E-state index in [1.54, 1.807) is 4.90 Å². The zero-order chi connectivity index (χ0) is 13.6. The van der Waals surface area contributed by atoms with Gasteiger partial charge < -0.3 is 10.0 Å². The fraction of sp³-hybridized carbons (Fsp3) is 0.533. The number of likely N-dealkylation sites (tertiary alicyclic amines) is 2. The Kier molecular flexibility index (Phi) is 2.97. The molecule has 0 radical (unpaired) electrons. The molecule has 4 nitrogen and oxygen atoms in total. The van der Waals surface area contributed by atoms with Crippen LogP contribution in [0.3, 0.4) is 0 Å². The van der Waals surface area contributed by atoms with Crippen molar-refractivity contribution in [1.82, 2.24) is 9.80 Å². The minimum atomic E-state index is -0.768. The number of amides is 1. The Bertz CT molecular complexity index is 503. The van der Waals surface area contributed by atoms with Crippen molar-refractivity contribution in [3.05, 3.63) is 35.4 Å². The molecule has 102 valence electrons. The van der Waals surface area contributed by atoms with Crippen LogP contribution in [0.1, 0.15) is 30.5 Å². The summed E-state index contributed by atoms with van der Waals surface area (Å²) >= 11 is 0. The van der Waals surface area contributed by atoms with Gasteiger partial charge in [-0.25, -0.2) is 4.79 Å². The van der Waals surface area contributed by atoms with Crippen molar-refractivity contribution in [2.24, 2.45) is 0 Å². The lowest BCUT2D eigenvalue weighted by Gasteiger charge is -2.37. The average molecular weight is 260 g/mol.